The minimum atomic E-state index is -5.25. The minimum absolute atomic E-state index is 0.00552. The van der Waals surface area contributed by atoms with Crippen LogP contribution in [-0.4, -0.2) is 9.13 Å². The van der Waals surface area contributed by atoms with Crippen molar-refractivity contribution in [3.63, 3.8) is 0 Å². The van der Waals surface area contributed by atoms with Crippen LogP contribution in [0.15, 0.2) is 176 Å². The molecule has 0 saturated heterocycles. The third kappa shape index (κ3) is 8.88. The van der Waals surface area contributed by atoms with Crippen molar-refractivity contribution in [3.05, 3.63) is 215 Å². The quantitative estimate of drug-likeness (QED) is 0.156. The molecule has 4 nitrogen and oxygen atoms in total. The van der Waals surface area contributed by atoms with Crippen LogP contribution in [-0.2, 0) is 30.9 Å². The fraction of sp³-hybridized carbons (Fsp3) is 0.0820. The van der Waals surface area contributed by atoms with Gasteiger partial charge < -0.3 is 9.13 Å². The van der Waals surface area contributed by atoms with Gasteiger partial charge in [-0.3, -0.25) is 0 Å². The smallest absolute Gasteiger partial charge is 0.309 e. The van der Waals surface area contributed by atoms with E-state index in [0.717, 1.165) is 12.1 Å². The summed E-state index contributed by atoms with van der Waals surface area (Å²) in [6.45, 7) is 0. The number of nitriles is 2. The molecule has 0 aliphatic rings. The Morgan fingerprint density at radius 2 is 0.738 bits per heavy atom. The monoisotopic (exact) mass is 1100 g/mol. The summed E-state index contributed by atoms with van der Waals surface area (Å²) >= 11 is 0. The summed E-state index contributed by atoms with van der Waals surface area (Å²) in [6, 6.07) is 39.2. The maximum absolute atomic E-state index is 15.4. The molecule has 19 heteroatoms. The first-order valence-corrected chi connectivity index (χ1v) is 23.7. The van der Waals surface area contributed by atoms with Gasteiger partial charge in [0.2, 0.25) is 0 Å². The van der Waals surface area contributed by atoms with Gasteiger partial charge in [0.15, 0.2) is 0 Å². The van der Waals surface area contributed by atoms with Crippen molar-refractivity contribution in [2.24, 2.45) is 0 Å². The number of alkyl halides is 15. The number of para-hydroxylation sites is 2. The molecule has 0 N–H and O–H groups in total. The molecular formula is C61H29F15N4. The van der Waals surface area contributed by atoms with Gasteiger partial charge in [0.1, 0.15) is 0 Å². The third-order valence-electron chi connectivity index (χ3n) is 14.0. The van der Waals surface area contributed by atoms with Crippen molar-refractivity contribution < 1.29 is 65.9 Å². The van der Waals surface area contributed by atoms with E-state index in [-0.39, 0.29) is 84.3 Å². The van der Waals surface area contributed by atoms with Gasteiger partial charge in [-0.05, 0) is 124 Å². The number of hydrogen-bond donors (Lipinski definition) is 0. The lowest BCUT2D eigenvalue weighted by atomic mass is 9.86. The normalized spacial score (nSPS) is 12.7. The highest BCUT2D eigenvalue weighted by molar-refractivity contribution is 6.14. The largest absolute Gasteiger partial charge is 0.417 e. The Bertz CT molecular complexity index is 4440. The van der Waals surface area contributed by atoms with Crippen LogP contribution < -0.4 is 0 Å². The van der Waals surface area contributed by atoms with Crippen LogP contribution in [0.25, 0.3) is 99.5 Å². The minimum Gasteiger partial charge on any atom is -0.309 e. The van der Waals surface area contributed by atoms with E-state index >= 15 is 13.2 Å². The fourth-order valence-corrected chi connectivity index (χ4v) is 10.6. The predicted octanol–water partition coefficient (Wildman–Crippen LogP) is 19.4. The zero-order chi connectivity index (χ0) is 57.0. The average molecular weight is 1100 g/mol. The molecule has 0 saturated carbocycles. The molecule has 0 atom stereocenters. The van der Waals surface area contributed by atoms with Crippen LogP contribution in [0.5, 0.6) is 0 Å². The van der Waals surface area contributed by atoms with Crippen LogP contribution in [0.4, 0.5) is 65.9 Å². The lowest BCUT2D eigenvalue weighted by Crippen LogP contribution is -2.12. The van der Waals surface area contributed by atoms with E-state index in [4.69, 9.17) is 0 Å². The summed E-state index contributed by atoms with van der Waals surface area (Å²) in [4.78, 5) is 0. The van der Waals surface area contributed by atoms with Gasteiger partial charge in [0.25, 0.3) is 0 Å². The summed E-state index contributed by atoms with van der Waals surface area (Å²) in [6.07, 6.45) is -25.8. The third-order valence-corrected chi connectivity index (χ3v) is 14.0. The molecule has 0 radical (unpaired) electrons. The van der Waals surface area contributed by atoms with Crippen molar-refractivity contribution in [1.29, 1.82) is 10.5 Å². The molecule has 2 heterocycles. The summed E-state index contributed by atoms with van der Waals surface area (Å²) < 4.78 is 220. The average Bonchev–Trinajstić information content (AvgIpc) is 4.16. The SMILES string of the molecule is N#Cc1ccc(-c2cccc(-n3c4ccccc4c4cc(-c5ccc(C(F)(F)F)cc5C(F)(F)F)ccc43)c2-c2c(C#N)cccc2-n2c3ccccc3c3cc(-c4ccc(C(F)(F)F)cc4C(F)(F)F)ccc32)c(C(F)(F)F)c1. The number of rotatable bonds is 6. The van der Waals surface area contributed by atoms with Crippen molar-refractivity contribution >= 4 is 43.6 Å². The van der Waals surface area contributed by atoms with E-state index in [1.54, 1.807) is 69.8 Å². The molecule has 0 aliphatic carbocycles. The van der Waals surface area contributed by atoms with Crippen molar-refractivity contribution in [2.75, 3.05) is 0 Å². The van der Waals surface area contributed by atoms with Crippen LogP contribution in [0, 0.1) is 22.7 Å². The van der Waals surface area contributed by atoms with Gasteiger partial charge in [-0.2, -0.15) is 76.4 Å². The van der Waals surface area contributed by atoms with Gasteiger partial charge in [-0.25, -0.2) is 0 Å². The van der Waals surface area contributed by atoms with E-state index in [0.29, 0.717) is 46.1 Å². The second-order valence-electron chi connectivity index (χ2n) is 18.6. The number of aromatic nitrogens is 2. The topological polar surface area (TPSA) is 57.4 Å². The van der Waals surface area contributed by atoms with E-state index < -0.39 is 75.4 Å². The van der Waals surface area contributed by atoms with Crippen molar-refractivity contribution in [1.82, 2.24) is 9.13 Å². The molecule has 0 amide bonds. The molecule has 0 aliphatic heterocycles. The molecule has 0 unspecified atom stereocenters. The summed E-state index contributed by atoms with van der Waals surface area (Å²) in [5, 5.41) is 22.2. The Labute approximate surface area is 441 Å². The molecule has 0 fully saturated rings. The van der Waals surface area contributed by atoms with Crippen LogP contribution >= 0.6 is 0 Å². The highest BCUT2D eigenvalue weighted by atomic mass is 19.4. The molecule has 0 bridgehead atoms. The molecule has 0 spiro atoms. The van der Waals surface area contributed by atoms with Gasteiger partial charge in [-0.1, -0.05) is 84.9 Å². The molecule has 80 heavy (non-hydrogen) atoms. The number of hydrogen-bond acceptors (Lipinski definition) is 2. The Morgan fingerprint density at radius 3 is 1.19 bits per heavy atom. The zero-order valence-electron chi connectivity index (χ0n) is 40.2. The van der Waals surface area contributed by atoms with Gasteiger partial charge in [-0.15, -0.1) is 0 Å². The molecule has 9 aromatic carbocycles. The Kier molecular flexibility index (Phi) is 12.2. The van der Waals surface area contributed by atoms with E-state index in [1.165, 1.54) is 72.8 Å². The number of halogens is 15. The van der Waals surface area contributed by atoms with Crippen molar-refractivity contribution in [3.8, 4) is 68.0 Å². The number of benzene rings is 9. The van der Waals surface area contributed by atoms with E-state index in [2.05, 4.69) is 6.07 Å². The fourth-order valence-electron chi connectivity index (χ4n) is 10.6. The van der Waals surface area contributed by atoms with E-state index in [9.17, 15) is 63.2 Å². The lowest BCUT2D eigenvalue weighted by Gasteiger charge is -2.24. The molecule has 11 rings (SSSR count). The molecular weight excluding hydrogens is 1070 g/mol. The highest BCUT2D eigenvalue weighted by Crippen LogP contribution is 2.51. The number of fused-ring (bicyclic) bond motifs is 6. The van der Waals surface area contributed by atoms with E-state index in [1.807, 2.05) is 0 Å². The molecule has 2 aromatic heterocycles. The Morgan fingerprint density at radius 1 is 0.312 bits per heavy atom. The number of nitrogens with zero attached hydrogens (tertiary/aromatic N) is 4. The Hall–Kier alpha value is -9.49. The highest BCUT2D eigenvalue weighted by Gasteiger charge is 2.41. The maximum Gasteiger partial charge on any atom is 0.417 e. The first-order valence-electron chi connectivity index (χ1n) is 23.7. The Balaban J connectivity index is 1.23. The summed E-state index contributed by atoms with van der Waals surface area (Å²) in [5.41, 5.74) is -8.53. The van der Waals surface area contributed by atoms with Crippen molar-refractivity contribution in [2.45, 2.75) is 30.9 Å². The van der Waals surface area contributed by atoms with Gasteiger partial charge in [0.05, 0.1) is 84.5 Å². The summed E-state index contributed by atoms with van der Waals surface area (Å²) in [5.74, 6) is 0. The second-order valence-corrected chi connectivity index (χ2v) is 18.6. The first kappa shape index (κ1) is 52.6. The van der Waals surface area contributed by atoms with Gasteiger partial charge in [0, 0.05) is 32.7 Å². The van der Waals surface area contributed by atoms with Crippen LogP contribution in [0.1, 0.15) is 38.9 Å². The summed E-state index contributed by atoms with van der Waals surface area (Å²) in [7, 11) is 0. The second kappa shape index (κ2) is 18.6. The first-order chi connectivity index (χ1) is 37.8. The molecule has 11 aromatic rings. The van der Waals surface area contributed by atoms with Crippen LogP contribution in [0.2, 0.25) is 0 Å². The lowest BCUT2D eigenvalue weighted by molar-refractivity contribution is -0.144. The van der Waals surface area contributed by atoms with Gasteiger partial charge >= 0.3 is 30.9 Å². The van der Waals surface area contributed by atoms with Crippen LogP contribution in [0.3, 0.4) is 0 Å². The molecule has 398 valence electrons. The maximum atomic E-state index is 15.4. The predicted molar refractivity (Wildman–Crippen MR) is 271 cm³/mol. The zero-order valence-corrected chi connectivity index (χ0v) is 40.2. The standard InChI is InChI=1S/C61H29F15N4/c62-57(63,64)36-18-21-38(47(28-36)60(71,72)73)33-16-23-51-44(26-33)41-8-1-3-11-49(41)79(51)53-13-5-7-35(31-78)55(53)56-43(40-20-15-32(30-77)25-46(40)59(68,69)70)10-6-14-54(56)80-50-12-4-2-9-42(50)45-27-34(17-24-52(45)80)39-22-19-37(58(65,66)67)29-48(39)61(74,75)76/h1-29H.